The van der Waals surface area contributed by atoms with Crippen LogP contribution in [0.2, 0.25) is 0 Å². The SMILES string of the molecule is COc1cc2c(c(O)c1OC)C1=Cc3ccc(O)c(OC)c3CN1CC2. The first-order valence-corrected chi connectivity index (χ1v) is 8.41. The van der Waals surface area contributed by atoms with Gasteiger partial charge in [0.2, 0.25) is 5.75 Å². The summed E-state index contributed by atoms with van der Waals surface area (Å²) < 4.78 is 16.1. The van der Waals surface area contributed by atoms with Crippen LogP contribution in [-0.4, -0.2) is 43.0 Å². The Bertz CT molecular complexity index is 919. The minimum Gasteiger partial charge on any atom is -0.504 e. The third-order valence-electron chi connectivity index (χ3n) is 5.10. The van der Waals surface area contributed by atoms with E-state index in [2.05, 4.69) is 4.90 Å². The van der Waals surface area contributed by atoms with E-state index in [0.717, 1.165) is 40.9 Å². The van der Waals surface area contributed by atoms with Gasteiger partial charge < -0.3 is 29.3 Å². The molecule has 2 aromatic carbocycles. The van der Waals surface area contributed by atoms with Crippen molar-refractivity contribution in [1.82, 2.24) is 4.90 Å². The summed E-state index contributed by atoms with van der Waals surface area (Å²) >= 11 is 0. The number of phenolic OH excluding ortho intramolecular Hbond substituents is 2. The molecule has 2 heterocycles. The quantitative estimate of drug-likeness (QED) is 0.882. The van der Waals surface area contributed by atoms with Crippen LogP contribution in [0.5, 0.6) is 28.7 Å². The van der Waals surface area contributed by atoms with Crippen molar-refractivity contribution in [3.05, 3.63) is 40.5 Å². The number of hydrogen-bond donors (Lipinski definition) is 2. The Morgan fingerprint density at radius 3 is 2.46 bits per heavy atom. The molecule has 0 bridgehead atoms. The molecule has 6 heteroatoms. The summed E-state index contributed by atoms with van der Waals surface area (Å²) in [5.74, 6) is 1.59. The number of fused-ring (bicyclic) bond motifs is 4. The lowest BCUT2D eigenvalue weighted by atomic mass is 9.89. The summed E-state index contributed by atoms with van der Waals surface area (Å²) in [5.41, 5.74) is 4.64. The number of aromatic hydroxyl groups is 2. The molecule has 0 radical (unpaired) electrons. The summed E-state index contributed by atoms with van der Waals surface area (Å²) in [6, 6.07) is 5.42. The predicted octanol–water partition coefficient (Wildman–Crippen LogP) is 2.99. The van der Waals surface area contributed by atoms with Gasteiger partial charge in [-0.2, -0.15) is 0 Å². The number of ether oxygens (including phenoxy) is 3. The van der Waals surface area contributed by atoms with Crippen LogP contribution in [0.3, 0.4) is 0 Å². The molecule has 0 saturated carbocycles. The highest BCUT2D eigenvalue weighted by Gasteiger charge is 2.32. The maximum Gasteiger partial charge on any atom is 0.203 e. The van der Waals surface area contributed by atoms with Gasteiger partial charge in [0.1, 0.15) is 0 Å². The van der Waals surface area contributed by atoms with Crippen LogP contribution in [0.1, 0.15) is 22.3 Å². The highest BCUT2D eigenvalue weighted by Crippen LogP contribution is 2.49. The largest absolute Gasteiger partial charge is 0.504 e. The van der Waals surface area contributed by atoms with Crippen molar-refractivity contribution in [1.29, 1.82) is 0 Å². The first kappa shape index (κ1) is 16.4. The molecule has 0 saturated heterocycles. The second-order valence-electron chi connectivity index (χ2n) is 6.38. The van der Waals surface area contributed by atoms with E-state index in [9.17, 15) is 10.2 Å². The monoisotopic (exact) mass is 355 g/mol. The van der Waals surface area contributed by atoms with Gasteiger partial charge in [-0.15, -0.1) is 0 Å². The Labute approximate surface area is 151 Å². The van der Waals surface area contributed by atoms with Gasteiger partial charge in [0, 0.05) is 29.9 Å². The van der Waals surface area contributed by atoms with Gasteiger partial charge in [0.05, 0.1) is 21.3 Å². The Hall–Kier alpha value is -3.02. The van der Waals surface area contributed by atoms with Crippen molar-refractivity contribution in [2.24, 2.45) is 0 Å². The molecule has 2 N–H and O–H groups in total. The lowest BCUT2D eigenvalue weighted by molar-refractivity contribution is 0.323. The Morgan fingerprint density at radius 2 is 1.77 bits per heavy atom. The maximum absolute atomic E-state index is 10.8. The number of nitrogens with zero attached hydrogens (tertiary/aromatic N) is 1. The number of rotatable bonds is 3. The smallest absolute Gasteiger partial charge is 0.203 e. The molecule has 4 rings (SSSR count). The van der Waals surface area contributed by atoms with Crippen molar-refractivity contribution in [2.75, 3.05) is 27.9 Å². The third-order valence-corrected chi connectivity index (χ3v) is 5.10. The van der Waals surface area contributed by atoms with E-state index in [4.69, 9.17) is 14.2 Å². The molecule has 0 unspecified atom stereocenters. The van der Waals surface area contributed by atoms with Crippen LogP contribution in [0.25, 0.3) is 11.8 Å². The fourth-order valence-corrected chi connectivity index (χ4v) is 3.87. The van der Waals surface area contributed by atoms with Crippen molar-refractivity contribution < 1.29 is 24.4 Å². The minimum absolute atomic E-state index is 0.0898. The van der Waals surface area contributed by atoms with Gasteiger partial charge in [-0.3, -0.25) is 0 Å². The molecule has 2 aliphatic heterocycles. The third kappa shape index (κ3) is 2.25. The van der Waals surface area contributed by atoms with E-state index in [1.807, 2.05) is 18.2 Å². The summed E-state index contributed by atoms with van der Waals surface area (Å²) in [5, 5.41) is 20.9. The molecule has 2 aromatic rings. The summed E-state index contributed by atoms with van der Waals surface area (Å²) in [4.78, 5) is 2.18. The molecule has 136 valence electrons. The van der Waals surface area contributed by atoms with Crippen LogP contribution in [0.15, 0.2) is 18.2 Å². The predicted molar refractivity (Wildman–Crippen MR) is 97.9 cm³/mol. The molecule has 0 amide bonds. The Balaban J connectivity index is 1.93. The van der Waals surface area contributed by atoms with Crippen molar-refractivity contribution in [3.8, 4) is 28.7 Å². The van der Waals surface area contributed by atoms with Crippen LogP contribution < -0.4 is 14.2 Å². The van der Waals surface area contributed by atoms with Crippen LogP contribution in [0.4, 0.5) is 0 Å². The minimum atomic E-state index is 0.0898. The first-order valence-electron chi connectivity index (χ1n) is 8.41. The number of phenols is 2. The lowest BCUT2D eigenvalue weighted by Gasteiger charge is -2.37. The summed E-state index contributed by atoms with van der Waals surface area (Å²) in [6.45, 7) is 1.40. The first-order chi connectivity index (χ1) is 12.6. The highest BCUT2D eigenvalue weighted by molar-refractivity contribution is 5.90. The maximum atomic E-state index is 10.8. The molecule has 6 nitrogen and oxygen atoms in total. The molecular weight excluding hydrogens is 334 g/mol. The lowest BCUT2D eigenvalue weighted by Crippen LogP contribution is -2.31. The molecule has 26 heavy (non-hydrogen) atoms. The zero-order valence-electron chi connectivity index (χ0n) is 15.0. The molecule has 0 spiro atoms. The molecular formula is C20H21NO5. The van der Waals surface area contributed by atoms with Gasteiger partial charge in [-0.1, -0.05) is 6.07 Å². The van der Waals surface area contributed by atoms with Crippen molar-refractivity contribution in [2.45, 2.75) is 13.0 Å². The fourth-order valence-electron chi connectivity index (χ4n) is 3.87. The van der Waals surface area contributed by atoms with Gasteiger partial charge in [-0.25, -0.2) is 0 Å². The number of hydrogen-bond acceptors (Lipinski definition) is 6. The van der Waals surface area contributed by atoms with E-state index in [0.29, 0.717) is 23.8 Å². The number of benzene rings is 2. The van der Waals surface area contributed by atoms with Crippen LogP contribution in [0, 0.1) is 0 Å². The second kappa shape index (κ2) is 6.05. The Morgan fingerprint density at radius 1 is 1.00 bits per heavy atom. The van der Waals surface area contributed by atoms with Crippen LogP contribution >= 0.6 is 0 Å². The topological polar surface area (TPSA) is 71.4 Å². The Kier molecular flexibility index (Phi) is 3.83. The molecule has 0 aromatic heterocycles. The number of methoxy groups -OCH3 is 3. The highest BCUT2D eigenvalue weighted by atomic mass is 16.5. The standard InChI is InChI=1S/C20H21NO5/c1-24-16-9-12-6-7-21-10-13-11(4-5-15(22)19(13)25-2)8-14(21)17(12)18(23)20(16)26-3/h4-5,8-9,22-23H,6-7,10H2,1-3H3. The molecule has 2 aliphatic rings. The second-order valence-corrected chi connectivity index (χ2v) is 6.38. The average Bonchev–Trinajstić information content (AvgIpc) is 2.65. The fraction of sp³-hybridized carbons (Fsp3) is 0.300. The zero-order chi connectivity index (χ0) is 18.4. The van der Waals surface area contributed by atoms with E-state index < -0.39 is 0 Å². The summed E-state index contributed by atoms with van der Waals surface area (Å²) in [7, 11) is 4.64. The van der Waals surface area contributed by atoms with E-state index in [-0.39, 0.29) is 11.5 Å². The van der Waals surface area contributed by atoms with Gasteiger partial charge in [0.25, 0.3) is 0 Å². The van der Waals surface area contributed by atoms with E-state index in [1.165, 1.54) is 7.11 Å². The summed E-state index contributed by atoms with van der Waals surface area (Å²) in [6.07, 6.45) is 2.79. The van der Waals surface area contributed by atoms with E-state index in [1.54, 1.807) is 20.3 Å². The van der Waals surface area contributed by atoms with Gasteiger partial charge in [-0.05, 0) is 35.8 Å². The average molecular weight is 355 g/mol. The van der Waals surface area contributed by atoms with Crippen molar-refractivity contribution in [3.63, 3.8) is 0 Å². The zero-order valence-corrected chi connectivity index (χ0v) is 15.0. The van der Waals surface area contributed by atoms with Gasteiger partial charge in [0.15, 0.2) is 23.0 Å². The van der Waals surface area contributed by atoms with E-state index >= 15 is 0 Å². The van der Waals surface area contributed by atoms with Crippen molar-refractivity contribution >= 4 is 11.8 Å². The van der Waals surface area contributed by atoms with Crippen LogP contribution in [-0.2, 0) is 13.0 Å². The normalized spacial score (nSPS) is 14.7. The van der Waals surface area contributed by atoms with Gasteiger partial charge >= 0.3 is 0 Å². The molecule has 0 atom stereocenters. The molecule has 0 fully saturated rings. The molecule has 0 aliphatic carbocycles.